The molecule has 0 spiro atoms. The fourth-order valence-electron chi connectivity index (χ4n) is 5.25. The summed E-state index contributed by atoms with van der Waals surface area (Å²) in [6.07, 6.45) is 7.08. The summed E-state index contributed by atoms with van der Waals surface area (Å²) in [6, 6.07) is 19.7. The van der Waals surface area contributed by atoms with Crippen molar-refractivity contribution in [1.82, 2.24) is 9.80 Å². The molecule has 2 aromatic carbocycles. The van der Waals surface area contributed by atoms with Gasteiger partial charge in [0.1, 0.15) is 5.75 Å². The zero-order valence-electron chi connectivity index (χ0n) is 19.8. The molecule has 4 rings (SSSR count). The van der Waals surface area contributed by atoms with Crippen LogP contribution in [0.25, 0.3) is 0 Å². The van der Waals surface area contributed by atoms with Crippen LogP contribution in [0.1, 0.15) is 43.2 Å². The van der Waals surface area contributed by atoms with Crippen molar-refractivity contribution < 1.29 is 9.47 Å². The van der Waals surface area contributed by atoms with E-state index < -0.39 is 0 Å². The highest BCUT2D eigenvalue weighted by Gasteiger charge is 2.35. The van der Waals surface area contributed by atoms with E-state index >= 15 is 0 Å². The highest BCUT2D eigenvalue weighted by molar-refractivity contribution is 5.33. The second-order valence-corrected chi connectivity index (χ2v) is 9.64. The second kappa shape index (κ2) is 11.8. The molecule has 0 radical (unpaired) electrons. The van der Waals surface area contributed by atoms with E-state index in [1.165, 1.54) is 37.1 Å². The Morgan fingerprint density at radius 2 is 1.69 bits per heavy atom. The van der Waals surface area contributed by atoms with E-state index in [-0.39, 0.29) is 5.41 Å². The third-order valence-electron chi connectivity index (χ3n) is 7.20. The average molecular weight is 437 g/mol. The van der Waals surface area contributed by atoms with E-state index in [2.05, 4.69) is 71.4 Å². The van der Waals surface area contributed by atoms with Crippen LogP contribution in [0.5, 0.6) is 5.75 Å². The van der Waals surface area contributed by atoms with Crippen LogP contribution in [0.3, 0.4) is 0 Å². The molecule has 4 nitrogen and oxygen atoms in total. The minimum absolute atomic E-state index is 0.165. The molecular weight excluding hydrogens is 396 g/mol. The molecule has 0 unspecified atom stereocenters. The van der Waals surface area contributed by atoms with Crippen molar-refractivity contribution >= 4 is 0 Å². The lowest BCUT2D eigenvalue weighted by molar-refractivity contribution is 0.0374. The lowest BCUT2D eigenvalue weighted by atomic mass is 9.73. The molecule has 0 N–H and O–H groups in total. The van der Waals surface area contributed by atoms with Gasteiger partial charge in [0, 0.05) is 38.3 Å². The van der Waals surface area contributed by atoms with Gasteiger partial charge in [0.2, 0.25) is 0 Å². The smallest absolute Gasteiger partial charge is 0.119 e. The summed E-state index contributed by atoms with van der Waals surface area (Å²) in [5.41, 5.74) is 3.00. The Bertz CT molecular complexity index is 781. The van der Waals surface area contributed by atoms with Crippen molar-refractivity contribution in [1.29, 1.82) is 0 Å². The number of ether oxygens (including phenoxy) is 2. The highest BCUT2D eigenvalue weighted by atomic mass is 16.5. The molecule has 2 heterocycles. The van der Waals surface area contributed by atoms with Gasteiger partial charge in [-0.3, -0.25) is 0 Å². The molecule has 2 aliphatic heterocycles. The number of rotatable bonds is 11. The minimum Gasteiger partial charge on any atom is -0.494 e. The van der Waals surface area contributed by atoms with Crippen LogP contribution in [-0.2, 0) is 16.6 Å². The minimum atomic E-state index is 0.165. The van der Waals surface area contributed by atoms with E-state index in [0.717, 1.165) is 70.9 Å². The first kappa shape index (κ1) is 23.3. The molecular formula is C28H40N2O2. The Kier molecular flexibility index (Phi) is 8.61. The van der Waals surface area contributed by atoms with Gasteiger partial charge in [-0.1, -0.05) is 42.5 Å². The number of benzene rings is 2. The Labute approximate surface area is 194 Å². The first-order valence-electron chi connectivity index (χ1n) is 12.5. The molecule has 0 saturated carbocycles. The lowest BCUT2D eigenvalue weighted by Gasteiger charge is -2.40. The lowest BCUT2D eigenvalue weighted by Crippen LogP contribution is -2.44. The van der Waals surface area contributed by atoms with E-state index in [1.807, 2.05) is 0 Å². The Morgan fingerprint density at radius 1 is 0.969 bits per heavy atom. The maximum Gasteiger partial charge on any atom is 0.119 e. The normalized spacial score (nSPS) is 18.8. The summed E-state index contributed by atoms with van der Waals surface area (Å²) in [5, 5.41) is 0. The van der Waals surface area contributed by atoms with Gasteiger partial charge in [-0.15, -0.1) is 0 Å². The number of likely N-dealkylation sites (N-methyl/N-ethyl adjacent to an activating group) is 1. The SMILES string of the molecule is CN(CCc1ccccc1)CC1(c2ccc(OCCCN3CCCC3)cc2)CCOCC1. The van der Waals surface area contributed by atoms with Crippen LogP contribution in [0.4, 0.5) is 0 Å². The summed E-state index contributed by atoms with van der Waals surface area (Å²) in [4.78, 5) is 5.05. The molecule has 4 heteroatoms. The monoisotopic (exact) mass is 436 g/mol. The topological polar surface area (TPSA) is 24.9 Å². The Balaban J connectivity index is 1.31. The summed E-state index contributed by atoms with van der Waals surface area (Å²) < 4.78 is 11.8. The van der Waals surface area contributed by atoms with Gasteiger partial charge in [0.25, 0.3) is 0 Å². The molecule has 32 heavy (non-hydrogen) atoms. The third kappa shape index (κ3) is 6.57. The van der Waals surface area contributed by atoms with Gasteiger partial charge in [0.05, 0.1) is 6.61 Å². The summed E-state index contributed by atoms with van der Waals surface area (Å²) in [6.45, 7) is 8.33. The Morgan fingerprint density at radius 3 is 2.41 bits per heavy atom. The van der Waals surface area contributed by atoms with E-state index in [9.17, 15) is 0 Å². The van der Waals surface area contributed by atoms with Crippen LogP contribution >= 0.6 is 0 Å². The van der Waals surface area contributed by atoms with E-state index in [1.54, 1.807) is 0 Å². The molecule has 2 aromatic rings. The van der Waals surface area contributed by atoms with Crippen LogP contribution in [0.15, 0.2) is 54.6 Å². The van der Waals surface area contributed by atoms with Crippen LogP contribution in [0, 0.1) is 0 Å². The third-order valence-corrected chi connectivity index (χ3v) is 7.20. The highest BCUT2D eigenvalue weighted by Crippen LogP contribution is 2.36. The van der Waals surface area contributed by atoms with Crippen molar-refractivity contribution in [3.8, 4) is 5.75 Å². The van der Waals surface area contributed by atoms with Gasteiger partial charge in [0.15, 0.2) is 0 Å². The van der Waals surface area contributed by atoms with Crippen molar-refractivity contribution in [3.63, 3.8) is 0 Å². The maximum atomic E-state index is 6.05. The summed E-state index contributed by atoms with van der Waals surface area (Å²) in [7, 11) is 2.26. The van der Waals surface area contributed by atoms with E-state index in [4.69, 9.17) is 9.47 Å². The molecule has 0 amide bonds. The fraction of sp³-hybridized carbons (Fsp3) is 0.571. The fourth-order valence-corrected chi connectivity index (χ4v) is 5.25. The number of hydrogen-bond donors (Lipinski definition) is 0. The number of hydrogen-bond acceptors (Lipinski definition) is 4. The van der Waals surface area contributed by atoms with E-state index in [0.29, 0.717) is 0 Å². The van der Waals surface area contributed by atoms with Gasteiger partial charge in [-0.2, -0.15) is 0 Å². The molecule has 0 atom stereocenters. The Hall–Kier alpha value is -1.88. The molecule has 0 aliphatic carbocycles. The number of nitrogens with zero attached hydrogens (tertiary/aromatic N) is 2. The van der Waals surface area contributed by atoms with Crippen molar-refractivity contribution in [2.24, 2.45) is 0 Å². The maximum absolute atomic E-state index is 6.05. The zero-order valence-corrected chi connectivity index (χ0v) is 19.8. The largest absolute Gasteiger partial charge is 0.494 e. The van der Waals surface area contributed by atoms with Gasteiger partial charge < -0.3 is 19.3 Å². The molecule has 0 aromatic heterocycles. The predicted octanol–water partition coefficient (Wildman–Crippen LogP) is 4.77. The van der Waals surface area contributed by atoms with Crippen molar-refractivity contribution in [2.45, 2.75) is 43.9 Å². The predicted molar refractivity (Wildman–Crippen MR) is 132 cm³/mol. The number of likely N-dealkylation sites (tertiary alicyclic amines) is 1. The van der Waals surface area contributed by atoms with Gasteiger partial charge >= 0.3 is 0 Å². The second-order valence-electron chi connectivity index (χ2n) is 9.64. The van der Waals surface area contributed by atoms with Gasteiger partial charge in [-0.05, 0) is 81.9 Å². The average Bonchev–Trinajstić information content (AvgIpc) is 3.36. The molecule has 2 aliphatic rings. The summed E-state index contributed by atoms with van der Waals surface area (Å²) >= 11 is 0. The van der Waals surface area contributed by atoms with Crippen molar-refractivity contribution in [3.05, 3.63) is 65.7 Å². The first-order valence-corrected chi connectivity index (χ1v) is 12.5. The summed E-state index contributed by atoms with van der Waals surface area (Å²) in [5.74, 6) is 0.995. The van der Waals surface area contributed by atoms with Crippen LogP contribution in [0.2, 0.25) is 0 Å². The molecule has 2 fully saturated rings. The van der Waals surface area contributed by atoms with Crippen molar-refractivity contribution in [2.75, 3.05) is 59.6 Å². The van der Waals surface area contributed by atoms with Crippen LogP contribution in [-0.4, -0.2) is 69.4 Å². The van der Waals surface area contributed by atoms with Crippen LogP contribution < -0.4 is 4.74 Å². The molecule has 0 bridgehead atoms. The molecule has 174 valence electrons. The van der Waals surface area contributed by atoms with Gasteiger partial charge in [-0.25, -0.2) is 0 Å². The first-order chi connectivity index (χ1) is 15.7. The standard InChI is InChI=1S/C28H40N2O2/c1-29(20-14-25-8-3-2-4-9-25)24-28(15-22-31-23-16-28)26-10-12-27(13-11-26)32-21-7-19-30-17-5-6-18-30/h2-4,8-13H,5-7,14-24H2,1H3. The molecule has 2 saturated heterocycles. The quantitative estimate of drug-likeness (QED) is 0.474. The zero-order chi connectivity index (χ0) is 22.1.